The van der Waals surface area contributed by atoms with E-state index in [1.54, 1.807) is 47.4 Å². The summed E-state index contributed by atoms with van der Waals surface area (Å²) >= 11 is 0. The highest BCUT2D eigenvalue weighted by Gasteiger charge is 2.31. The first kappa shape index (κ1) is 21.4. The number of amides is 1. The second-order valence-corrected chi connectivity index (χ2v) is 7.06. The van der Waals surface area contributed by atoms with Crippen LogP contribution in [0.1, 0.15) is 43.9 Å². The molecule has 0 radical (unpaired) electrons. The van der Waals surface area contributed by atoms with E-state index in [1.807, 2.05) is 0 Å². The van der Waals surface area contributed by atoms with Crippen molar-refractivity contribution < 1.29 is 28.6 Å². The summed E-state index contributed by atoms with van der Waals surface area (Å²) in [4.78, 5) is 39.8. The number of esters is 1. The monoisotopic (exact) mass is 411 g/mol. The second-order valence-electron chi connectivity index (χ2n) is 7.06. The van der Waals surface area contributed by atoms with Crippen molar-refractivity contribution in [3.8, 4) is 11.5 Å². The molecule has 0 aromatic heterocycles. The van der Waals surface area contributed by atoms with E-state index in [4.69, 9.17) is 14.2 Å². The van der Waals surface area contributed by atoms with Crippen LogP contribution in [0.2, 0.25) is 0 Å². The molecule has 0 bridgehead atoms. The smallest absolute Gasteiger partial charge is 0.338 e. The van der Waals surface area contributed by atoms with Gasteiger partial charge in [-0.2, -0.15) is 0 Å². The predicted molar refractivity (Wildman–Crippen MR) is 110 cm³/mol. The van der Waals surface area contributed by atoms with Crippen molar-refractivity contribution in [1.29, 1.82) is 0 Å². The Balaban J connectivity index is 1.80. The van der Waals surface area contributed by atoms with Gasteiger partial charge in [0.1, 0.15) is 0 Å². The molecule has 1 fully saturated rings. The van der Waals surface area contributed by atoms with Gasteiger partial charge in [0, 0.05) is 24.6 Å². The third-order valence-electron chi connectivity index (χ3n) is 5.31. The van der Waals surface area contributed by atoms with Crippen LogP contribution in [-0.4, -0.2) is 57.0 Å². The zero-order chi connectivity index (χ0) is 21.7. The van der Waals surface area contributed by atoms with Crippen LogP contribution in [0.25, 0.3) is 0 Å². The van der Waals surface area contributed by atoms with Crippen LogP contribution < -0.4 is 9.47 Å². The molecule has 1 aliphatic rings. The Kier molecular flexibility index (Phi) is 6.72. The molecule has 0 N–H and O–H groups in total. The normalized spacial score (nSPS) is 16.0. The van der Waals surface area contributed by atoms with Crippen molar-refractivity contribution in [2.75, 3.05) is 34.4 Å². The Morgan fingerprint density at radius 2 is 1.63 bits per heavy atom. The predicted octanol–water partition coefficient (Wildman–Crippen LogP) is 3.23. The number of carbonyl (C=O) groups excluding carboxylic acids is 3. The van der Waals surface area contributed by atoms with E-state index in [-0.39, 0.29) is 28.7 Å². The molecule has 0 saturated carbocycles. The molecule has 0 aliphatic carbocycles. The van der Waals surface area contributed by atoms with E-state index >= 15 is 0 Å². The zero-order valence-corrected chi connectivity index (χ0v) is 17.3. The standard InChI is InChI=1S/C23H25NO6/c1-28-19-11-10-15(13-20(19)29-2)21(25)16-7-6-12-24(14-16)22(26)17-8-4-5-9-18(17)23(27)30-3/h4-5,8-11,13,16H,6-7,12,14H2,1-3H3/t16-/m0/s1. The van der Waals surface area contributed by atoms with Gasteiger partial charge in [0.25, 0.3) is 5.91 Å². The molecule has 1 atom stereocenters. The summed E-state index contributed by atoms with van der Waals surface area (Å²) in [5.74, 6) is -0.177. The SMILES string of the molecule is COC(=O)c1ccccc1C(=O)N1CCC[C@H](C(=O)c2ccc(OC)c(OC)c2)C1. The Morgan fingerprint density at radius 3 is 2.30 bits per heavy atom. The third kappa shape index (κ3) is 4.30. The highest BCUT2D eigenvalue weighted by atomic mass is 16.5. The summed E-state index contributed by atoms with van der Waals surface area (Å²) in [5, 5.41) is 0. The zero-order valence-electron chi connectivity index (χ0n) is 17.3. The van der Waals surface area contributed by atoms with Gasteiger partial charge in [-0.05, 0) is 43.2 Å². The largest absolute Gasteiger partial charge is 0.493 e. The van der Waals surface area contributed by atoms with Crippen LogP contribution in [0, 0.1) is 5.92 Å². The van der Waals surface area contributed by atoms with Gasteiger partial charge in [-0.3, -0.25) is 9.59 Å². The Morgan fingerprint density at radius 1 is 0.933 bits per heavy atom. The summed E-state index contributed by atoms with van der Waals surface area (Å²) in [5.41, 5.74) is 1.02. The number of rotatable bonds is 6. The molecule has 30 heavy (non-hydrogen) atoms. The van der Waals surface area contributed by atoms with E-state index in [1.165, 1.54) is 21.3 Å². The molecule has 3 rings (SSSR count). The van der Waals surface area contributed by atoms with Crippen molar-refractivity contribution >= 4 is 17.7 Å². The first-order valence-corrected chi connectivity index (χ1v) is 9.73. The molecular formula is C23H25NO6. The summed E-state index contributed by atoms with van der Waals surface area (Å²) < 4.78 is 15.3. The Bertz CT molecular complexity index is 954. The van der Waals surface area contributed by atoms with Gasteiger partial charge in [-0.15, -0.1) is 0 Å². The molecule has 2 aromatic rings. The molecule has 7 heteroatoms. The number of piperidine rings is 1. The van der Waals surface area contributed by atoms with Gasteiger partial charge in [0.2, 0.25) is 0 Å². The minimum atomic E-state index is -0.561. The molecule has 0 spiro atoms. The van der Waals surface area contributed by atoms with E-state index in [9.17, 15) is 14.4 Å². The van der Waals surface area contributed by atoms with Crippen LogP contribution in [0.3, 0.4) is 0 Å². The minimum absolute atomic E-state index is 0.0466. The van der Waals surface area contributed by atoms with E-state index in [2.05, 4.69) is 0 Å². The summed E-state index contributed by atoms with van der Waals surface area (Å²) in [7, 11) is 4.34. The summed E-state index contributed by atoms with van der Waals surface area (Å²) in [6.45, 7) is 0.825. The van der Waals surface area contributed by atoms with Crippen molar-refractivity contribution in [3.05, 3.63) is 59.2 Å². The van der Waals surface area contributed by atoms with Crippen LogP contribution in [0.15, 0.2) is 42.5 Å². The van der Waals surface area contributed by atoms with Gasteiger partial charge in [-0.25, -0.2) is 4.79 Å². The number of hydrogen-bond donors (Lipinski definition) is 0. The maximum absolute atomic E-state index is 13.1. The number of methoxy groups -OCH3 is 3. The lowest BCUT2D eigenvalue weighted by Crippen LogP contribution is -2.42. The summed E-state index contributed by atoms with van der Waals surface area (Å²) in [6, 6.07) is 11.6. The lowest BCUT2D eigenvalue weighted by molar-refractivity contribution is 0.0573. The fraction of sp³-hybridized carbons (Fsp3) is 0.348. The second kappa shape index (κ2) is 9.43. The van der Waals surface area contributed by atoms with E-state index in [0.717, 1.165) is 0 Å². The molecule has 1 aliphatic heterocycles. The third-order valence-corrected chi connectivity index (χ3v) is 5.31. The van der Waals surface area contributed by atoms with Crippen molar-refractivity contribution in [3.63, 3.8) is 0 Å². The fourth-order valence-electron chi connectivity index (χ4n) is 3.73. The lowest BCUT2D eigenvalue weighted by Gasteiger charge is -2.32. The van der Waals surface area contributed by atoms with Gasteiger partial charge in [-0.1, -0.05) is 12.1 Å². The maximum atomic E-state index is 13.1. The highest BCUT2D eigenvalue weighted by molar-refractivity contribution is 6.06. The maximum Gasteiger partial charge on any atom is 0.338 e. The average molecular weight is 411 g/mol. The molecule has 1 saturated heterocycles. The number of hydrogen-bond acceptors (Lipinski definition) is 6. The van der Waals surface area contributed by atoms with Crippen LogP contribution in [0.5, 0.6) is 11.5 Å². The fourth-order valence-corrected chi connectivity index (χ4v) is 3.73. The summed E-state index contributed by atoms with van der Waals surface area (Å²) in [6.07, 6.45) is 1.39. The van der Waals surface area contributed by atoms with Crippen LogP contribution in [0.4, 0.5) is 0 Å². The van der Waals surface area contributed by atoms with Crippen LogP contribution in [-0.2, 0) is 4.74 Å². The number of ether oxygens (including phenoxy) is 3. The van der Waals surface area contributed by atoms with Crippen LogP contribution >= 0.6 is 0 Å². The van der Waals surface area contributed by atoms with Crippen molar-refractivity contribution in [2.24, 2.45) is 5.92 Å². The van der Waals surface area contributed by atoms with Crippen molar-refractivity contribution in [2.45, 2.75) is 12.8 Å². The molecule has 1 heterocycles. The van der Waals surface area contributed by atoms with Gasteiger partial charge in [0.15, 0.2) is 17.3 Å². The van der Waals surface area contributed by atoms with Gasteiger partial charge >= 0.3 is 5.97 Å². The number of ketones is 1. The topological polar surface area (TPSA) is 82.1 Å². The molecule has 2 aromatic carbocycles. The van der Waals surface area contributed by atoms with E-state index in [0.29, 0.717) is 43.0 Å². The first-order chi connectivity index (χ1) is 14.5. The lowest BCUT2D eigenvalue weighted by atomic mass is 9.89. The molecule has 1 amide bonds. The van der Waals surface area contributed by atoms with Gasteiger partial charge in [0.05, 0.1) is 32.5 Å². The highest BCUT2D eigenvalue weighted by Crippen LogP contribution is 2.30. The number of benzene rings is 2. The number of carbonyl (C=O) groups is 3. The molecule has 7 nitrogen and oxygen atoms in total. The minimum Gasteiger partial charge on any atom is -0.493 e. The first-order valence-electron chi connectivity index (χ1n) is 9.73. The van der Waals surface area contributed by atoms with Gasteiger partial charge < -0.3 is 19.1 Å². The number of Topliss-reactive ketones (excluding diaryl/α,β-unsaturated/α-hetero) is 1. The van der Waals surface area contributed by atoms with E-state index < -0.39 is 5.97 Å². The number of nitrogens with zero attached hydrogens (tertiary/aromatic N) is 1. The molecular weight excluding hydrogens is 386 g/mol. The quantitative estimate of drug-likeness (QED) is 0.536. The van der Waals surface area contributed by atoms with Crippen molar-refractivity contribution in [1.82, 2.24) is 4.90 Å². The molecule has 158 valence electrons. The Hall–Kier alpha value is -3.35. The number of likely N-dealkylation sites (tertiary alicyclic amines) is 1. The molecule has 0 unspecified atom stereocenters. The average Bonchev–Trinajstić information content (AvgIpc) is 2.82. The Labute approximate surface area is 175 Å².